The van der Waals surface area contributed by atoms with Gasteiger partial charge in [0.05, 0.1) is 25.3 Å². The lowest BCUT2D eigenvalue weighted by Crippen LogP contribution is -2.49. The molecule has 25 heavy (non-hydrogen) atoms. The van der Waals surface area contributed by atoms with Gasteiger partial charge in [0.2, 0.25) is 5.91 Å². The maximum Gasteiger partial charge on any atom is 0.242 e. The van der Waals surface area contributed by atoms with Crippen LogP contribution in [0.4, 0.5) is 0 Å². The van der Waals surface area contributed by atoms with Gasteiger partial charge >= 0.3 is 0 Å². The van der Waals surface area contributed by atoms with E-state index in [1.807, 2.05) is 11.9 Å². The van der Waals surface area contributed by atoms with Gasteiger partial charge in [-0.05, 0) is 25.7 Å². The number of rotatable bonds is 4. The van der Waals surface area contributed by atoms with Crippen molar-refractivity contribution in [2.24, 2.45) is 12.8 Å². The monoisotopic (exact) mass is 348 g/mol. The SMILES string of the molecule is Cn1c(CN2CCOCC2)nnc1[C@@H]1CCCN(C(=O)C2(N)CC2)C1. The molecule has 8 heteroatoms. The number of amides is 1. The number of nitrogens with two attached hydrogens (primary N) is 1. The Labute approximate surface area is 148 Å². The zero-order chi connectivity index (χ0) is 17.4. The van der Waals surface area contributed by atoms with E-state index in [1.165, 1.54) is 0 Å². The summed E-state index contributed by atoms with van der Waals surface area (Å²) in [4.78, 5) is 16.8. The Morgan fingerprint density at radius 1 is 1.28 bits per heavy atom. The van der Waals surface area contributed by atoms with Crippen LogP contribution in [0.1, 0.15) is 43.3 Å². The van der Waals surface area contributed by atoms with E-state index in [0.29, 0.717) is 6.54 Å². The molecule has 1 amide bonds. The maximum absolute atomic E-state index is 12.6. The van der Waals surface area contributed by atoms with Crippen LogP contribution >= 0.6 is 0 Å². The highest BCUT2D eigenvalue weighted by Gasteiger charge is 2.48. The molecule has 3 heterocycles. The van der Waals surface area contributed by atoms with Gasteiger partial charge in [-0.3, -0.25) is 9.69 Å². The van der Waals surface area contributed by atoms with Gasteiger partial charge in [-0.1, -0.05) is 0 Å². The van der Waals surface area contributed by atoms with Crippen LogP contribution in [-0.4, -0.2) is 75.4 Å². The number of hydrogen-bond acceptors (Lipinski definition) is 6. The van der Waals surface area contributed by atoms with Crippen molar-refractivity contribution >= 4 is 5.91 Å². The number of ether oxygens (including phenoxy) is 1. The largest absolute Gasteiger partial charge is 0.379 e. The van der Waals surface area contributed by atoms with E-state index < -0.39 is 5.54 Å². The normalized spacial score (nSPS) is 26.6. The van der Waals surface area contributed by atoms with Crippen molar-refractivity contribution in [2.75, 3.05) is 39.4 Å². The van der Waals surface area contributed by atoms with Crippen molar-refractivity contribution in [1.29, 1.82) is 0 Å². The topological polar surface area (TPSA) is 89.5 Å². The summed E-state index contributed by atoms with van der Waals surface area (Å²) in [5.41, 5.74) is 5.52. The highest BCUT2D eigenvalue weighted by molar-refractivity contribution is 5.89. The van der Waals surface area contributed by atoms with Crippen LogP contribution in [0.3, 0.4) is 0 Å². The van der Waals surface area contributed by atoms with Gasteiger partial charge in [-0.2, -0.15) is 0 Å². The Kier molecular flexibility index (Phi) is 4.51. The highest BCUT2D eigenvalue weighted by Crippen LogP contribution is 2.36. The van der Waals surface area contributed by atoms with Crippen molar-refractivity contribution in [1.82, 2.24) is 24.6 Å². The third-order valence-electron chi connectivity index (χ3n) is 5.76. The smallest absolute Gasteiger partial charge is 0.242 e. The van der Waals surface area contributed by atoms with E-state index in [4.69, 9.17) is 10.5 Å². The van der Waals surface area contributed by atoms with E-state index >= 15 is 0 Å². The molecule has 0 aromatic carbocycles. The molecule has 0 spiro atoms. The zero-order valence-corrected chi connectivity index (χ0v) is 15.0. The standard InChI is InChI=1S/C17H28N6O2/c1-21-14(12-22-7-9-25-10-8-22)19-20-15(21)13-3-2-6-23(11-13)16(24)17(18)4-5-17/h13H,2-12,18H2,1H3/t13-/m1/s1. The molecule has 0 radical (unpaired) electrons. The average Bonchev–Trinajstić information content (AvgIpc) is 3.30. The minimum Gasteiger partial charge on any atom is -0.379 e. The van der Waals surface area contributed by atoms with Gasteiger partial charge < -0.3 is 19.9 Å². The molecule has 8 nitrogen and oxygen atoms in total. The van der Waals surface area contributed by atoms with Gasteiger partial charge in [0.25, 0.3) is 0 Å². The molecule has 2 aliphatic heterocycles. The first-order valence-electron chi connectivity index (χ1n) is 9.33. The van der Waals surface area contributed by atoms with Crippen LogP contribution in [0.2, 0.25) is 0 Å². The fourth-order valence-corrected chi connectivity index (χ4v) is 3.86. The van der Waals surface area contributed by atoms with Gasteiger partial charge in [0.1, 0.15) is 11.6 Å². The summed E-state index contributed by atoms with van der Waals surface area (Å²) in [6.45, 7) is 5.76. The van der Waals surface area contributed by atoms with E-state index in [1.54, 1.807) is 0 Å². The Morgan fingerprint density at radius 3 is 2.76 bits per heavy atom. The molecule has 3 fully saturated rings. The number of nitrogens with zero attached hydrogens (tertiary/aromatic N) is 5. The lowest BCUT2D eigenvalue weighted by atomic mass is 9.96. The molecule has 1 aliphatic carbocycles. The van der Waals surface area contributed by atoms with Crippen molar-refractivity contribution in [2.45, 2.75) is 43.7 Å². The van der Waals surface area contributed by atoms with Crippen LogP contribution < -0.4 is 5.73 Å². The maximum atomic E-state index is 12.6. The molecule has 1 saturated carbocycles. The summed E-state index contributed by atoms with van der Waals surface area (Å²) in [5, 5.41) is 8.88. The first-order valence-corrected chi connectivity index (χ1v) is 9.33. The molecule has 2 N–H and O–H groups in total. The predicted molar refractivity (Wildman–Crippen MR) is 91.8 cm³/mol. The van der Waals surface area contributed by atoms with E-state index in [0.717, 1.165) is 76.7 Å². The van der Waals surface area contributed by atoms with Crippen molar-refractivity contribution in [3.8, 4) is 0 Å². The lowest BCUT2D eigenvalue weighted by Gasteiger charge is -2.34. The van der Waals surface area contributed by atoms with Gasteiger partial charge in [0, 0.05) is 39.1 Å². The number of likely N-dealkylation sites (tertiary alicyclic amines) is 1. The molecular weight excluding hydrogens is 320 g/mol. The summed E-state index contributed by atoms with van der Waals surface area (Å²) in [7, 11) is 2.04. The fourth-order valence-electron chi connectivity index (χ4n) is 3.86. The zero-order valence-electron chi connectivity index (χ0n) is 15.0. The Hall–Kier alpha value is -1.51. The number of carbonyl (C=O) groups is 1. The predicted octanol–water partition coefficient (Wildman–Crippen LogP) is -0.155. The van der Waals surface area contributed by atoms with Gasteiger partial charge in [-0.25, -0.2) is 0 Å². The molecule has 0 unspecified atom stereocenters. The third kappa shape index (κ3) is 3.43. The number of hydrogen-bond donors (Lipinski definition) is 1. The number of morpholine rings is 1. The number of carbonyl (C=O) groups excluding carboxylic acids is 1. The molecule has 0 bridgehead atoms. The van der Waals surface area contributed by atoms with Gasteiger partial charge in [-0.15, -0.1) is 10.2 Å². The van der Waals surface area contributed by atoms with Crippen LogP contribution in [0.15, 0.2) is 0 Å². The third-order valence-corrected chi connectivity index (χ3v) is 5.76. The summed E-state index contributed by atoms with van der Waals surface area (Å²) >= 11 is 0. The summed E-state index contributed by atoms with van der Waals surface area (Å²) in [5.74, 6) is 2.34. The molecule has 4 rings (SSSR count). The molecule has 3 aliphatic rings. The van der Waals surface area contributed by atoms with E-state index in [9.17, 15) is 4.79 Å². The molecule has 1 aromatic heterocycles. The second-order valence-electron chi connectivity index (χ2n) is 7.67. The van der Waals surface area contributed by atoms with E-state index in [-0.39, 0.29) is 11.8 Å². The lowest BCUT2D eigenvalue weighted by molar-refractivity contribution is -0.134. The number of piperidine rings is 1. The van der Waals surface area contributed by atoms with Crippen molar-refractivity contribution in [3.05, 3.63) is 11.6 Å². The minimum absolute atomic E-state index is 0.118. The Bertz CT molecular complexity index is 635. The Balaban J connectivity index is 1.43. The van der Waals surface area contributed by atoms with Crippen molar-refractivity contribution in [3.63, 3.8) is 0 Å². The second-order valence-corrected chi connectivity index (χ2v) is 7.67. The second kappa shape index (κ2) is 6.66. The van der Waals surface area contributed by atoms with Crippen LogP contribution in [-0.2, 0) is 23.1 Å². The molecule has 1 aromatic rings. The van der Waals surface area contributed by atoms with E-state index in [2.05, 4.69) is 19.7 Å². The first-order chi connectivity index (χ1) is 12.1. The summed E-state index contributed by atoms with van der Waals surface area (Å²) in [6.07, 6.45) is 3.68. The van der Waals surface area contributed by atoms with Crippen LogP contribution in [0.5, 0.6) is 0 Å². The Morgan fingerprint density at radius 2 is 2.04 bits per heavy atom. The minimum atomic E-state index is -0.580. The van der Waals surface area contributed by atoms with Crippen LogP contribution in [0, 0.1) is 0 Å². The fraction of sp³-hybridized carbons (Fsp3) is 0.824. The molecule has 1 atom stereocenters. The molecular formula is C17H28N6O2. The molecule has 138 valence electrons. The quantitative estimate of drug-likeness (QED) is 0.814. The first kappa shape index (κ1) is 16.9. The highest BCUT2D eigenvalue weighted by atomic mass is 16.5. The average molecular weight is 348 g/mol. The van der Waals surface area contributed by atoms with Crippen molar-refractivity contribution < 1.29 is 9.53 Å². The summed E-state index contributed by atoms with van der Waals surface area (Å²) < 4.78 is 7.52. The number of aromatic nitrogens is 3. The summed E-state index contributed by atoms with van der Waals surface area (Å²) in [6, 6.07) is 0. The molecule has 2 saturated heterocycles. The van der Waals surface area contributed by atoms with Crippen LogP contribution in [0.25, 0.3) is 0 Å². The van der Waals surface area contributed by atoms with Gasteiger partial charge in [0.15, 0.2) is 0 Å².